The van der Waals surface area contributed by atoms with E-state index in [0.717, 1.165) is 11.3 Å². The van der Waals surface area contributed by atoms with E-state index < -0.39 is 0 Å². The van der Waals surface area contributed by atoms with E-state index in [9.17, 15) is 4.39 Å². The molecule has 4 nitrogen and oxygen atoms in total. The van der Waals surface area contributed by atoms with Gasteiger partial charge >= 0.3 is 0 Å². The fraction of sp³-hybridized carbons (Fsp3) is 0.130. The van der Waals surface area contributed by atoms with Crippen molar-refractivity contribution < 1.29 is 9.13 Å². The van der Waals surface area contributed by atoms with Gasteiger partial charge in [0.05, 0.1) is 23.8 Å². The summed E-state index contributed by atoms with van der Waals surface area (Å²) < 4.78 is 20.6. The van der Waals surface area contributed by atoms with E-state index in [4.69, 9.17) is 4.74 Å². The van der Waals surface area contributed by atoms with Gasteiger partial charge < -0.3 is 4.74 Å². The van der Waals surface area contributed by atoms with Gasteiger partial charge in [0, 0.05) is 12.3 Å². The highest BCUT2D eigenvalue weighted by molar-refractivity contribution is 6.02. The third kappa shape index (κ3) is 2.85. The van der Waals surface area contributed by atoms with E-state index in [0.29, 0.717) is 30.4 Å². The molecule has 0 spiro atoms. The van der Waals surface area contributed by atoms with Crippen LogP contribution in [-0.4, -0.2) is 22.3 Å². The highest BCUT2D eigenvalue weighted by Crippen LogP contribution is 2.39. The van der Waals surface area contributed by atoms with E-state index in [1.54, 1.807) is 18.3 Å². The molecule has 0 radical (unpaired) electrons. The Morgan fingerprint density at radius 1 is 1.00 bits per heavy atom. The van der Waals surface area contributed by atoms with Crippen LogP contribution in [0.25, 0.3) is 6.08 Å². The molecule has 3 aromatic rings. The van der Waals surface area contributed by atoms with Gasteiger partial charge in [-0.05, 0) is 35.4 Å². The van der Waals surface area contributed by atoms with Gasteiger partial charge in [0.15, 0.2) is 5.88 Å². The largest absolute Gasteiger partial charge is 0.472 e. The predicted molar refractivity (Wildman–Crippen MR) is 106 cm³/mol. The monoisotopic (exact) mass is 371 g/mol. The fourth-order valence-electron chi connectivity index (χ4n) is 3.72. The van der Waals surface area contributed by atoms with Crippen LogP contribution in [-0.2, 0) is 11.3 Å². The summed E-state index contributed by atoms with van der Waals surface area (Å²) in [5, 5.41) is 0. The Morgan fingerprint density at radius 2 is 1.82 bits per heavy atom. The Bertz CT molecular complexity index is 1080. The van der Waals surface area contributed by atoms with Gasteiger partial charge in [-0.3, -0.25) is 14.9 Å². The second kappa shape index (κ2) is 6.93. The Balaban J connectivity index is 1.54. The van der Waals surface area contributed by atoms with Crippen molar-refractivity contribution in [3.8, 4) is 0 Å². The van der Waals surface area contributed by atoms with Crippen LogP contribution >= 0.6 is 0 Å². The van der Waals surface area contributed by atoms with Crippen molar-refractivity contribution >= 4 is 11.9 Å². The zero-order valence-corrected chi connectivity index (χ0v) is 15.1. The van der Waals surface area contributed by atoms with Crippen LogP contribution < -0.4 is 0 Å². The van der Waals surface area contributed by atoms with Crippen molar-refractivity contribution in [2.24, 2.45) is 4.99 Å². The quantitative estimate of drug-likeness (QED) is 0.675. The van der Waals surface area contributed by atoms with Gasteiger partial charge in [0.25, 0.3) is 0 Å². The van der Waals surface area contributed by atoms with Crippen molar-refractivity contribution in [2.45, 2.75) is 12.6 Å². The lowest BCUT2D eigenvalue weighted by atomic mass is 9.96. The number of aromatic nitrogens is 1. The van der Waals surface area contributed by atoms with Gasteiger partial charge in [-0.2, -0.15) is 0 Å². The Labute approximate surface area is 162 Å². The Hall–Kier alpha value is -3.47. The number of ether oxygens (including phenoxy) is 1. The lowest BCUT2D eigenvalue weighted by Crippen LogP contribution is -2.35. The maximum absolute atomic E-state index is 14.5. The van der Waals surface area contributed by atoms with Crippen LogP contribution in [0.2, 0.25) is 0 Å². The number of aliphatic imine (C=N–C) groups is 1. The Kier molecular flexibility index (Phi) is 4.13. The van der Waals surface area contributed by atoms with Gasteiger partial charge in [-0.25, -0.2) is 4.39 Å². The fourth-order valence-corrected chi connectivity index (χ4v) is 3.72. The smallest absolute Gasteiger partial charge is 0.196 e. The number of pyridine rings is 1. The van der Waals surface area contributed by atoms with E-state index in [1.807, 2.05) is 47.4 Å². The lowest BCUT2D eigenvalue weighted by molar-refractivity contribution is 0.123. The normalized spacial score (nSPS) is 17.5. The van der Waals surface area contributed by atoms with Crippen molar-refractivity contribution in [1.82, 2.24) is 9.88 Å². The molecule has 2 aliphatic rings. The number of halogens is 1. The van der Waals surface area contributed by atoms with Gasteiger partial charge in [0.2, 0.25) is 0 Å². The molecule has 1 atom stereocenters. The number of amidine groups is 1. The minimum absolute atomic E-state index is 0.00506. The third-order valence-electron chi connectivity index (χ3n) is 5.03. The molecule has 0 aliphatic carbocycles. The van der Waals surface area contributed by atoms with Crippen LogP contribution in [0.5, 0.6) is 0 Å². The van der Waals surface area contributed by atoms with E-state index in [2.05, 4.69) is 22.1 Å². The van der Waals surface area contributed by atoms with Crippen molar-refractivity contribution in [3.05, 3.63) is 107 Å². The Morgan fingerprint density at radius 3 is 2.68 bits per heavy atom. The molecule has 0 amide bonds. The number of nitrogens with zero attached hydrogens (tertiary/aromatic N) is 3. The summed E-state index contributed by atoms with van der Waals surface area (Å²) in [6.45, 7) is 0.896. The molecule has 28 heavy (non-hydrogen) atoms. The predicted octanol–water partition coefficient (Wildman–Crippen LogP) is 4.55. The van der Waals surface area contributed by atoms with Gasteiger partial charge in [-0.15, -0.1) is 0 Å². The molecule has 0 saturated heterocycles. The average Bonchev–Trinajstić information content (AvgIpc) is 3.18. The van der Waals surface area contributed by atoms with Crippen molar-refractivity contribution in [2.75, 3.05) is 6.54 Å². The number of fused-ring (bicyclic) bond motifs is 3. The van der Waals surface area contributed by atoms with Crippen molar-refractivity contribution in [3.63, 3.8) is 0 Å². The number of hydrogen-bond donors (Lipinski definition) is 0. The summed E-state index contributed by atoms with van der Waals surface area (Å²) in [7, 11) is 0. The summed E-state index contributed by atoms with van der Waals surface area (Å²) in [6, 6.07) is 20.6. The molecular formula is C23H18FN3O. The maximum atomic E-state index is 14.5. The van der Waals surface area contributed by atoms with Crippen LogP contribution in [0.15, 0.2) is 83.8 Å². The first kappa shape index (κ1) is 16.7. The van der Waals surface area contributed by atoms with E-state index in [-0.39, 0.29) is 11.9 Å². The molecule has 0 bridgehead atoms. The summed E-state index contributed by atoms with van der Waals surface area (Å²) in [6.07, 6.45) is 3.74. The summed E-state index contributed by atoms with van der Waals surface area (Å²) in [5.74, 6) is 0.976. The summed E-state index contributed by atoms with van der Waals surface area (Å²) in [4.78, 5) is 11.0. The molecule has 2 aromatic carbocycles. The number of benzene rings is 2. The van der Waals surface area contributed by atoms with Crippen molar-refractivity contribution in [1.29, 1.82) is 0 Å². The standard InChI is InChI=1S/C23H18FN3O/c24-20-11-4-3-10-19(20)23-26-14-21-18-9-2-1-7-16(18)13-22(27(21)23)28-15-17-8-5-6-12-25-17/h1-13,21H,14-15H2. The molecule has 0 N–H and O–H groups in total. The van der Waals surface area contributed by atoms with Gasteiger partial charge in [0.1, 0.15) is 18.3 Å². The second-order valence-electron chi connectivity index (χ2n) is 6.75. The number of hydrogen-bond acceptors (Lipinski definition) is 4. The van der Waals surface area contributed by atoms with Crippen LogP contribution in [0, 0.1) is 5.82 Å². The number of rotatable bonds is 4. The zero-order chi connectivity index (χ0) is 18.9. The molecule has 5 rings (SSSR count). The lowest BCUT2D eigenvalue weighted by Gasteiger charge is -2.34. The van der Waals surface area contributed by atoms with E-state index >= 15 is 0 Å². The zero-order valence-electron chi connectivity index (χ0n) is 15.1. The van der Waals surface area contributed by atoms with Crippen LogP contribution in [0.4, 0.5) is 4.39 Å². The molecule has 138 valence electrons. The van der Waals surface area contributed by atoms with E-state index in [1.165, 1.54) is 11.6 Å². The molecule has 1 unspecified atom stereocenters. The molecule has 0 fully saturated rings. The maximum Gasteiger partial charge on any atom is 0.196 e. The SMILES string of the molecule is Fc1ccccc1C1=NCC2c3ccccc3C=C(OCc3ccccn3)N12. The first-order valence-electron chi connectivity index (χ1n) is 9.23. The average molecular weight is 371 g/mol. The molecule has 2 aliphatic heterocycles. The highest BCUT2D eigenvalue weighted by atomic mass is 19.1. The minimum atomic E-state index is -0.287. The molecule has 1 aromatic heterocycles. The molecule has 0 saturated carbocycles. The van der Waals surface area contributed by atoms with Crippen LogP contribution in [0.1, 0.15) is 28.4 Å². The van der Waals surface area contributed by atoms with Crippen LogP contribution in [0.3, 0.4) is 0 Å². The highest BCUT2D eigenvalue weighted by Gasteiger charge is 2.38. The minimum Gasteiger partial charge on any atom is -0.472 e. The third-order valence-corrected chi connectivity index (χ3v) is 5.03. The molecule has 3 heterocycles. The molecule has 5 heteroatoms. The van der Waals surface area contributed by atoms with Gasteiger partial charge in [-0.1, -0.05) is 42.5 Å². The first-order chi connectivity index (χ1) is 13.8. The summed E-state index contributed by atoms with van der Waals surface area (Å²) in [5.41, 5.74) is 3.59. The molecular weight excluding hydrogens is 353 g/mol. The first-order valence-corrected chi connectivity index (χ1v) is 9.23. The second-order valence-corrected chi connectivity index (χ2v) is 6.75. The summed E-state index contributed by atoms with van der Waals surface area (Å²) >= 11 is 0. The topological polar surface area (TPSA) is 37.7 Å².